The maximum Gasteiger partial charge on any atom is 0.180 e. The van der Waals surface area contributed by atoms with E-state index in [-0.39, 0.29) is 5.78 Å². The molecule has 0 aliphatic carbocycles. The molecule has 0 fully saturated rings. The van der Waals surface area contributed by atoms with Gasteiger partial charge in [0, 0.05) is 12.1 Å². The highest BCUT2D eigenvalue weighted by molar-refractivity contribution is 8.00. The second-order valence-corrected chi connectivity index (χ2v) is 5.75. The maximum atomic E-state index is 12.3. The van der Waals surface area contributed by atoms with Gasteiger partial charge in [-0.15, -0.1) is 0 Å². The van der Waals surface area contributed by atoms with Crippen LogP contribution in [0.5, 0.6) is 17.2 Å². The Balaban J connectivity index is 3.12. The number of ketones is 1. The van der Waals surface area contributed by atoms with Crippen LogP contribution < -0.4 is 14.2 Å². The van der Waals surface area contributed by atoms with E-state index in [9.17, 15) is 4.79 Å². The van der Waals surface area contributed by atoms with Gasteiger partial charge in [0.25, 0.3) is 0 Å². The summed E-state index contributed by atoms with van der Waals surface area (Å²) in [5.74, 6) is 1.95. The molecule has 0 bridgehead atoms. The van der Waals surface area contributed by atoms with Gasteiger partial charge in [-0.1, -0.05) is 13.8 Å². The Morgan fingerprint density at radius 2 is 1.63 bits per heavy atom. The third-order valence-corrected chi connectivity index (χ3v) is 3.64. The summed E-state index contributed by atoms with van der Waals surface area (Å²) in [5, 5.41) is 0.402. The molecule has 0 unspecified atom stereocenters. The lowest BCUT2D eigenvalue weighted by Gasteiger charge is -2.14. The quantitative estimate of drug-likeness (QED) is 0.720. The zero-order chi connectivity index (χ0) is 14.4. The predicted octanol–water partition coefficient (Wildman–Crippen LogP) is 3.04. The van der Waals surface area contributed by atoms with E-state index < -0.39 is 0 Å². The third-order valence-electron chi connectivity index (χ3n) is 2.54. The number of ether oxygens (including phenoxy) is 3. The van der Waals surface area contributed by atoms with Crippen LogP contribution in [-0.4, -0.2) is 38.1 Å². The van der Waals surface area contributed by atoms with E-state index in [4.69, 9.17) is 14.2 Å². The van der Waals surface area contributed by atoms with Gasteiger partial charge < -0.3 is 14.2 Å². The first kappa shape index (κ1) is 15.7. The first-order valence-electron chi connectivity index (χ1n) is 5.98. The lowest BCUT2D eigenvalue weighted by Crippen LogP contribution is -2.09. The van der Waals surface area contributed by atoms with Crippen molar-refractivity contribution in [3.05, 3.63) is 17.7 Å². The number of Topliss-reactive ketones (excluding diaryl/α,β-unsaturated/α-hetero) is 1. The highest BCUT2D eigenvalue weighted by Crippen LogP contribution is 2.35. The van der Waals surface area contributed by atoms with Gasteiger partial charge in [0.05, 0.1) is 27.1 Å². The molecular formula is C14H20O4S. The fraction of sp³-hybridized carbons (Fsp3) is 0.500. The SMILES string of the molecule is COc1cc(OC)c(C(=O)CSC(C)C)c(OC)c1. The highest BCUT2D eigenvalue weighted by atomic mass is 32.2. The van der Waals surface area contributed by atoms with Crippen molar-refractivity contribution in [3.8, 4) is 17.2 Å². The molecule has 4 nitrogen and oxygen atoms in total. The fourth-order valence-electron chi connectivity index (χ4n) is 1.60. The van der Waals surface area contributed by atoms with Gasteiger partial charge >= 0.3 is 0 Å². The molecule has 0 aliphatic rings. The third kappa shape index (κ3) is 4.06. The summed E-state index contributed by atoms with van der Waals surface area (Å²) in [6.45, 7) is 4.11. The van der Waals surface area contributed by atoms with Crippen LogP contribution in [0.1, 0.15) is 24.2 Å². The van der Waals surface area contributed by atoms with Crippen LogP contribution in [0.3, 0.4) is 0 Å². The molecule has 106 valence electrons. The molecule has 0 N–H and O–H groups in total. The predicted molar refractivity (Wildman–Crippen MR) is 78.0 cm³/mol. The van der Waals surface area contributed by atoms with E-state index in [1.807, 2.05) is 0 Å². The number of benzene rings is 1. The molecule has 1 rings (SSSR count). The zero-order valence-corrected chi connectivity index (χ0v) is 12.8. The van der Waals surface area contributed by atoms with Crippen molar-refractivity contribution in [2.45, 2.75) is 19.1 Å². The number of methoxy groups -OCH3 is 3. The van der Waals surface area contributed by atoms with E-state index in [1.165, 1.54) is 14.2 Å². The second-order valence-electron chi connectivity index (χ2n) is 4.19. The molecular weight excluding hydrogens is 264 g/mol. The Morgan fingerprint density at radius 3 is 2.00 bits per heavy atom. The molecule has 0 spiro atoms. The molecule has 0 saturated carbocycles. The first-order chi connectivity index (χ1) is 9.03. The van der Waals surface area contributed by atoms with Gasteiger partial charge in [0.15, 0.2) is 5.78 Å². The number of rotatable bonds is 7. The van der Waals surface area contributed by atoms with E-state index in [0.717, 1.165) is 0 Å². The van der Waals surface area contributed by atoms with Crippen LogP contribution >= 0.6 is 11.8 Å². The summed E-state index contributed by atoms with van der Waals surface area (Å²) in [6.07, 6.45) is 0. The smallest absolute Gasteiger partial charge is 0.180 e. The molecule has 19 heavy (non-hydrogen) atoms. The molecule has 1 aromatic rings. The Morgan fingerprint density at radius 1 is 1.11 bits per heavy atom. The number of carbonyl (C=O) groups excluding carboxylic acids is 1. The standard InChI is InChI=1S/C14H20O4S/c1-9(2)19-8-11(15)14-12(17-4)6-10(16-3)7-13(14)18-5/h6-7,9H,8H2,1-5H3. The Labute approximate surface area is 118 Å². The van der Waals surface area contributed by atoms with Crippen molar-refractivity contribution in [2.24, 2.45) is 0 Å². The van der Waals surface area contributed by atoms with Gasteiger partial charge in [-0.2, -0.15) is 11.8 Å². The summed E-state index contributed by atoms with van der Waals surface area (Å²) in [6, 6.07) is 3.38. The lowest BCUT2D eigenvalue weighted by atomic mass is 10.1. The minimum absolute atomic E-state index is 0.00458. The molecule has 0 heterocycles. The first-order valence-corrected chi connectivity index (χ1v) is 7.03. The molecule has 0 aliphatic heterocycles. The average Bonchev–Trinajstić information content (AvgIpc) is 2.42. The van der Waals surface area contributed by atoms with Crippen LogP contribution in [0, 0.1) is 0 Å². The van der Waals surface area contributed by atoms with Crippen molar-refractivity contribution in [1.29, 1.82) is 0 Å². The Hall–Kier alpha value is -1.36. The Kier molecular flexibility index (Phi) is 6.02. The average molecular weight is 284 g/mol. The molecule has 0 saturated heterocycles. The topological polar surface area (TPSA) is 44.8 Å². The summed E-state index contributed by atoms with van der Waals surface area (Å²) in [5.41, 5.74) is 0.471. The largest absolute Gasteiger partial charge is 0.496 e. The maximum absolute atomic E-state index is 12.3. The second kappa shape index (κ2) is 7.28. The molecule has 5 heteroatoms. The van der Waals surface area contributed by atoms with Crippen LogP contribution in [0.2, 0.25) is 0 Å². The minimum atomic E-state index is -0.00458. The van der Waals surface area contributed by atoms with E-state index in [1.54, 1.807) is 31.0 Å². The van der Waals surface area contributed by atoms with Gasteiger partial charge in [-0.05, 0) is 5.25 Å². The van der Waals surface area contributed by atoms with Crippen LogP contribution in [-0.2, 0) is 0 Å². The van der Waals surface area contributed by atoms with Crippen LogP contribution in [0.4, 0.5) is 0 Å². The summed E-state index contributed by atoms with van der Waals surface area (Å²) < 4.78 is 15.7. The van der Waals surface area contributed by atoms with Crippen molar-refractivity contribution in [1.82, 2.24) is 0 Å². The highest BCUT2D eigenvalue weighted by Gasteiger charge is 2.20. The van der Waals surface area contributed by atoms with Crippen molar-refractivity contribution in [2.75, 3.05) is 27.1 Å². The van der Waals surface area contributed by atoms with Gasteiger partial charge in [-0.25, -0.2) is 0 Å². The fourth-order valence-corrected chi connectivity index (χ4v) is 2.22. The minimum Gasteiger partial charge on any atom is -0.496 e. The molecule has 0 radical (unpaired) electrons. The summed E-state index contributed by atoms with van der Waals surface area (Å²) in [4.78, 5) is 12.3. The molecule has 0 aromatic heterocycles. The van der Waals surface area contributed by atoms with E-state index >= 15 is 0 Å². The summed E-state index contributed by atoms with van der Waals surface area (Å²) >= 11 is 1.59. The molecule has 0 amide bonds. The van der Waals surface area contributed by atoms with Gasteiger partial charge in [0.1, 0.15) is 22.8 Å². The summed E-state index contributed by atoms with van der Waals surface area (Å²) in [7, 11) is 4.62. The van der Waals surface area contributed by atoms with Crippen molar-refractivity contribution >= 4 is 17.5 Å². The molecule has 0 atom stereocenters. The number of hydrogen-bond acceptors (Lipinski definition) is 5. The Bertz CT molecular complexity index is 418. The zero-order valence-electron chi connectivity index (χ0n) is 12.0. The normalized spacial score (nSPS) is 10.4. The van der Waals surface area contributed by atoms with Gasteiger partial charge in [0.2, 0.25) is 0 Å². The number of hydrogen-bond donors (Lipinski definition) is 0. The lowest BCUT2D eigenvalue weighted by molar-refractivity contribution is 0.101. The molecule has 1 aromatic carbocycles. The van der Waals surface area contributed by atoms with E-state index in [2.05, 4.69) is 13.8 Å². The monoisotopic (exact) mass is 284 g/mol. The number of carbonyl (C=O) groups is 1. The van der Waals surface area contributed by atoms with Gasteiger partial charge in [-0.3, -0.25) is 4.79 Å². The van der Waals surface area contributed by atoms with Crippen molar-refractivity contribution in [3.63, 3.8) is 0 Å². The van der Waals surface area contributed by atoms with Crippen LogP contribution in [0.15, 0.2) is 12.1 Å². The van der Waals surface area contributed by atoms with Crippen molar-refractivity contribution < 1.29 is 19.0 Å². The van der Waals surface area contributed by atoms with E-state index in [0.29, 0.717) is 33.8 Å². The number of thioether (sulfide) groups is 1. The van der Waals surface area contributed by atoms with Crippen LogP contribution in [0.25, 0.3) is 0 Å².